The Kier molecular flexibility index (Phi) is 5.38. The minimum absolute atomic E-state index is 0.0119. The first-order valence-electron chi connectivity index (χ1n) is 11.5. The van der Waals surface area contributed by atoms with E-state index in [1.807, 2.05) is 37.3 Å². The van der Waals surface area contributed by atoms with Crippen molar-refractivity contribution in [3.63, 3.8) is 0 Å². The van der Waals surface area contributed by atoms with Crippen LogP contribution in [-0.4, -0.2) is 60.8 Å². The first kappa shape index (κ1) is 23.1. The second-order valence-electron chi connectivity index (χ2n) is 8.91. The molecule has 4 aromatic heterocycles. The lowest BCUT2D eigenvalue weighted by atomic mass is 10.0. The molecular formula is C24H22N8O4S. The lowest BCUT2D eigenvalue weighted by molar-refractivity contribution is 0.102. The number of hydrogen-bond acceptors (Lipinski definition) is 8. The summed E-state index contributed by atoms with van der Waals surface area (Å²) in [5, 5.41) is 7.03. The van der Waals surface area contributed by atoms with Crippen LogP contribution in [0.3, 0.4) is 0 Å². The largest absolute Gasteiger partial charge is 0.339 e. The van der Waals surface area contributed by atoms with Gasteiger partial charge in [0.15, 0.2) is 5.03 Å². The quantitative estimate of drug-likeness (QED) is 0.361. The number of fused-ring (bicyclic) bond motifs is 1. The van der Waals surface area contributed by atoms with E-state index in [1.165, 1.54) is 23.0 Å². The van der Waals surface area contributed by atoms with Crippen molar-refractivity contribution in [3.8, 4) is 11.4 Å². The highest BCUT2D eigenvalue weighted by molar-refractivity contribution is 7.89. The molecule has 5 heterocycles. The number of carbonyl (C=O) groups excluding carboxylic acids is 1. The molecule has 13 heteroatoms. The fourth-order valence-corrected chi connectivity index (χ4v) is 5.64. The molecule has 1 N–H and O–H groups in total. The normalized spacial score (nSPS) is 14.6. The van der Waals surface area contributed by atoms with Crippen LogP contribution >= 0.6 is 0 Å². The number of aromatic nitrogens is 6. The van der Waals surface area contributed by atoms with Crippen molar-refractivity contribution < 1.29 is 17.7 Å². The molecule has 5 aromatic rings. The lowest BCUT2D eigenvalue weighted by Crippen LogP contribution is -2.48. The second-order valence-corrected chi connectivity index (χ2v) is 10.8. The molecule has 0 atom stereocenters. The van der Waals surface area contributed by atoms with Gasteiger partial charge in [0.2, 0.25) is 11.7 Å². The number of hydrogen-bond donors (Lipinski definition) is 1. The van der Waals surface area contributed by atoms with Gasteiger partial charge >= 0.3 is 0 Å². The summed E-state index contributed by atoms with van der Waals surface area (Å²) in [6.45, 7) is 2.35. The van der Waals surface area contributed by atoms with Crippen molar-refractivity contribution in [1.29, 1.82) is 0 Å². The summed E-state index contributed by atoms with van der Waals surface area (Å²) >= 11 is 0. The summed E-state index contributed by atoms with van der Waals surface area (Å²) in [5.74, 6) is 0.210. The molecule has 0 aliphatic carbocycles. The topological polar surface area (TPSA) is 141 Å². The van der Waals surface area contributed by atoms with E-state index >= 15 is 0 Å². The van der Waals surface area contributed by atoms with Crippen LogP contribution in [-0.2, 0) is 17.1 Å². The highest BCUT2D eigenvalue weighted by Crippen LogP contribution is 2.32. The van der Waals surface area contributed by atoms with Crippen molar-refractivity contribution in [3.05, 3.63) is 78.5 Å². The van der Waals surface area contributed by atoms with Crippen LogP contribution in [0.25, 0.3) is 17.0 Å². The van der Waals surface area contributed by atoms with Crippen LogP contribution in [0, 0.1) is 6.92 Å². The van der Waals surface area contributed by atoms with Gasteiger partial charge in [-0.3, -0.25) is 9.20 Å². The molecular weight excluding hydrogens is 496 g/mol. The van der Waals surface area contributed by atoms with Gasteiger partial charge < -0.3 is 14.4 Å². The highest BCUT2D eigenvalue weighted by Gasteiger charge is 2.41. The Morgan fingerprint density at radius 1 is 1.16 bits per heavy atom. The number of aryl methyl sites for hydroxylation is 2. The first-order valence-corrected chi connectivity index (χ1v) is 12.9. The van der Waals surface area contributed by atoms with E-state index in [2.05, 4.69) is 25.4 Å². The van der Waals surface area contributed by atoms with E-state index in [9.17, 15) is 13.2 Å². The van der Waals surface area contributed by atoms with Gasteiger partial charge in [-0.25, -0.2) is 18.4 Å². The number of carbonyl (C=O) groups is 1. The molecule has 1 saturated heterocycles. The number of pyridine rings is 1. The molecule has 1 fully saturated rings. The average molecular weight is 519 g/mol. The van der Waals surface area contributed by atoms with Crippen LogP contribution in [0.4, 0.5) is 5.69 Å². The molecule has 1 amide bonds. The van der Waals surface area contributed by atoms with Gasteiger partial charge in [0.25, 0.3) is 15.9 Å². The molecule has 6 rings (SSSR count). The average Bonchev–Trinajstić information content (AvgIpc) is 3.59. The fourth-order valence-electron chi connectivity index (χ4n) is 4.15. The van der Waals surface area contributed by atoms with Gasteiger partial charge in [0.05, 0.1) is 18.4 Å². The Balaban J connectivity index is 1.17. The van der Waals surface area contributed by atoms with Crippen molar-refractivity contribution in [1.82, 2.24) is 33.4 Å². The third kappa shape index (κ3) is 4.07. The van der Waals surface area contributed by atoms with Gasteiger partial charge in [-0.1, -0.05) is 23.4 Å². The third-order valence-electron chi connectivity index (χ3n) is 6.32. The molecule has 0 saturated carbocycles. The minimum Gasteiger partial charge on any atom is -0.339 e. The van der Waals surface area contributed by atoms with Crippen molar-refractivity contribution in [2.45, 2.75) is 17.9 Å². The Morgan fingerprint density at radius 2 is 2.00 bits per heavy atom. The fraction of sp³-hybridized carbons (Fsp3) is 0.208. The summed E-state index contributed by atoms with van der Waals surface area (Å²) in [6.07, 6.45) is 6.23. The molecule has 1 aromatic carbocycles. The van der Waals surface area contributed by atoms with E-state index in [1.54, 1.807) is 28.3 Å². The third-order valence-corrected chi connectivity index (χ3v) is 8.04. The van der Waals surface area contributed by atoms with Crippen LogP contribution in [0.2, 0.25) is 0 Å². The number of benzene rings is 1. The Hall–Kier alpha value is -4.36. The summed E-state index contributed by atoms with van der Waals surface area (Å²) in [7, 11) is -1.94. The van der Waals surface area contributed by atoms with E-state index < -0.39 is 10.0 Å². The van der Waals surface area contributed by atoms with Crippen LogP contribution in [0.5, 0.6) is 0 Å². The SMILES string of the molecule is Cc1ccc(-c2noc(C3CN(S(=O)(=O)c4cn(C)cn4)C3)n2)cc1NC(=O)c1cnc2ccccn12. The number of imidazole rings is 2. The summed E-state index contributed by atoms with van der Waals surface area (Å²) in [5.41, 5.74) is 3.23. The first-order chi connectivity index (χ1) is 17.8. The zero-order valence-corrected chi connectivity index (χ0v) is 20.8. The predicted molar refractivity (Wildman–Crippen MR) is 132 cm³/mol. The molecule has 0 radical (unpaired) electrons. The summed E-state index contributed by atoms with van der Waals surface area (Å²) < 4.78 is 35.5. The maximum Gasteiger partial charge on any atom is 0.274 e. The van der Waals surface area contributed by atoms with E-state index in [0.29, 0.717) is 34.3 Å². The van der Waals surface area contributed by atoms with Gasteiger partial charge in [-0.15, -0.1) is 0 Å². The maximum absolute atomic E-state index is 13.0. The molecule has 188 valence electrons. The van der Waals surface area contributed by atoms with Gasteiger partial charge in [0.1, 0.15) is 11.3 Å². The number of amides is 1. The molecule has 1 aliphatic rings. The standard InChI is InChI=1S/C24H22N8O4S/c1-15-6-7-16(9-18(15)27-23(33)19-10-25-20-5-3-4-8-32(19)20)22-28-24(36-29-22)17-11-31(12-17)37(34,35)21-13-30(2)14-26-21/h3-10,13-14,17H,11-12H2,1-2H3,(H,27,33). The Bertz CT molecular complexity index is 1750. The van der Waals surface area contributed by atoms with Gasteiger partial charge in [-0.05, 0) is 30.7 Å². The number of nitrogens with one attached hydrogen (secondary N) is 1. The van der Waals surface area contributed by atoms with Crippen molar-refractivity contribution in [2.24, 2.45) is 7.05 Å². The van der Waals surface area contributed by atoms with Crippen LogP contribution in [0.15, 0.2) is 70.9 Å². The second kappa shape index (κ2) is 8.64. The zero-order valence-electron chi connectivity index (χ0n) is 19.9. The Labute approximate surface area is 211 Å². The molecule has 0 bridgehead atoms. The molecule has 0 unspecified atom stereocenters. The smallest absolute Gasteiger partial charge is 0.274 e. The number of anilines is 1. The van der Waals surface area contributed by atoms with Crippen LogP contribution in [0.1, 0.15) is 27.9 Å². The van der Waals surface area contributed by atoms with Crippen LogP contribution < -0.4 is 5.32 Å². The lowest BCUT2D eigenvalue weighted by Gasteiger charge is -2.35. The van der Waals surface area contributed by atoms with E-state index in [4.69, 9.17) is 4.52 Å². The highest BCUT2D eigenvalue weighted by atomic mass is 32.2. The zero-order chi connectivity index (χ0) is 25.7. The Morgan fingerprint density at radius 3 is 2.78 bits per heavy atom. The number of rotatable bonds is 6. The van der Waals surface area contributed by atoms with Crippen molar-refractivity contribution in [2.75, 3.05) is 18.4 Å². The van der Waals surface area contributed by atoms with E-state index in [-0.39, 0.29) is 29.9 Å². The van der Waals surface area contributed by atoms with Crippen molar-refractivity contribution >= 4 is 27.3 Å². The molecule has 37 heavy (non-hydrogen) atoms. The van der Waals surface area contributed by atoms with E-state index in [0.717, 1.165) is 5.56 Å². The summed E-state index contributed by atoms with van der Waals surface area (Å²) in [6, 6.07) is 11.0. The predicted octanol–water partition coefficient (Wildman–Crippen LogP) is 2.47. The van der Waals surface area contributed by atoms with Gasteiger partial charge in [-0.2, -0.15) is 9.29 Å². The maximum atomic E-state index is 13.0. The minimum atomic E-state index is -3.66. The molecule has 12 nitrogen and oxygen atoms in total. The molecule has 0 spiro atoms. The number of nitrogens with zero attached hydrogens (tertiary/aromatic N) is 7. The van der Waals surface area contributed by atoms with Gasteiger partial charge in [0, 0.05) is 43.8 Å². The monoisotopic (exact) mass is 518 g/mol. The molecule has 1 aliphatic heterocycles. The number of sulfonamides is 1. The summed E-state index contributed by atoms with van der Waals surface area (Å²) in [4.78, 5) is 25.7.